The molecule has 0 saturated carbocycles. The fourth-order valence-corrected chi connectivity index (χ4v) is 7.00. The molecule has 13 heteroatoms. The van der Waals surface area contributed by atoms with E-state index in [0.29, 0.717) is 0 Å². The number of halogens is 1. The Labute approximate surface area is 306 Å². The van der Waals surface area contributed by atoms with Crippen LogP contribution in [0.1, 0.15) is 41.5 Å². The zero-order valence-electron chi connectivity index (χ0n) is 30.0. The van der Waals surface area contributed by atoms with Crippen molar-refractivity contribution in [2.75, 3.05) is 69.9 Å². The first-order chi connectivity index (χ1) is 24.7. The highest BCUT2D eigenvalue weighted by Gasteiger charge is 2.25. The number of nitrogens with one attached hydrogen (secondary N) is 3. The van der Waals surface area contributed by atoms with Crippen LogP contribution in [-0.4, -0.2) is 58.0 Å². The Morgan fingerprint density at radius 3 is 1.24 bits per heavy atom. The lowest BCUT2D eigenvalue weighted by molar-refractivity contribution is 0.866. The van der Waals surface area contributed by atoms with Crippen LogP contribution in [0.15, 0.2) is 87.0 Å². The molecule has 6 rings (SSSR count). The van der Waals surface area contributed by atoms with Crippen molar-refractivity contribution < 1.29 is 0 Å². The van der Waals surface area contributed by atoms with Crippen molar-refractivity contribution in [1.82, 2.24) is 18.8 Å². The summed E-state index contributed by atoms with van der Waals surface area (Å²) in [5.74, 6) is 0.674. The van der Waals surface area contributed by atoms with Crippen LogP contribution in [0.4, 0.5) is 51.8 Å². The fourth-order valence-electron chi connectivity index (χ4n) is 6.49. The Hall–Kier alpha value is -5.30. The summed E-state index contributed by atoms with van der Waals surface area (Å²) in [5, 5.41) is 9.89. The van der Waals surface area contributed by atoms with Crippen LogP contribution in [0.2, 0.25) is 0 Å². The van der Waals surface area contributed by atoms with E-state index in [1.165, 1.54) is 8.80 Å². The first kappa shape index (κ1) is 35.5. The topological polar surface area (TPSA) is 115 Å². The Bertz CT molecular complexity index is 2210. The molecule has 3 aromatic carbocycles. The van der Waals surface area contributed by atoms with Gasteiger partial charge in [0.1, 0.15) is 4.60 Å². The first-order valence-corrected chi connectivity index (χ1v) is 18.4. The summed E-state index contributed by atoms with van der Waals surface area (Å²) in [7, 11) is 0. The van der Waals surface area contributed by atoms with E-state index in [9.17, 15) is 9.59 Å². The van der Waals surface area contributed by atoms with Gasteiger partial charge in [-0.25, -0.2) is 13.8 Å². The zero-order valence-corrected chi connectivity index (χ0v) is 31.6. The molecule has 0 aliphatic carbocycles. The molecule has 3 N–H and O–H groups in total. The third-order valence-electron chi connectivity index (χ3n) is 9.29. The predicted octanol–water partition coefficient (Wildman–Crippen LogP) is 7.67. The summed E-state index contributed by atoms with van der Waals surface area (Å²) in [6, 6.07) is 23.8. The third-order valence-corrected chi connectivity index (χ3v) is 9.84. The average Bonchev–Trinajstić information content (AvgIpc) is 3.67. The second-order valence-electron chi connectivity index (χ2n) is 12.0. The number of benzene rings is 3. The standard InChI is InChI=1S/C38H45BrN10O2/c1-7-45(8-2)28-19-13-25(14-20-28)40-34-32-36(51)48-31(33(39)43-37(48)41-26-15-21-29(22-16-26)46(9-3)10-4)35(50)49(32)38(44-34)42-27-17-23-30(24-18-27)47(11-5)12-6/h13-24,40H,7-12H2,1-6H3,(H,41,43)(H,42,44). The molecular weight excluding hydrogens is 708 g/mol. The van der Waals surface area contributed by atoms with Gasteiger partial charge in [-0.2, -0.15) is 4.98 Å². The molecule has 0 atom stereocenters. The SMILES string of the molecule is CCN(CC)c1ccc(Nc2nc(Nc3ccc(N(CC)CC)cc3)n3c(=O)c4c(Br)nc(Nc5ccc(N(CC)CC)cc5)n4c(=O)c23)cc1. The van der Waals surface area contributed by atoms with E-state index in [1.54, 1.807) is 0 Å². The molecule has 3 heterocycles. The van der Waals surface area contributed by atoms with Gasteiger partial charge in [0.25, 0.3) is 11.1 Å². The smallest absolute Gasteiger partial charge is 0.286 e. The van der Waals surface area contributed by atoms with Crippen LogP contribution in [0.25, 0.3) is 11.0 Å². The third kappa shape index (κ3) is 6.90. The highest BCUT2D eigenvalue weighted by atomic mass is 79.9. The van der Waals surface area contributed by atoms with Crippen molar-refractivity contribution in [1.29, 1.82) is 0 Å². The molecule has 0 saturated heterocycles. The van der Waals surface area contributed by atoms with Gasteiger partial charge in [0.05, 0.1) is 0 Å². The van der Waals surface area contributed by atoms with Crippen molar-refractivity contribution in [2.45, 2.75) is 41.5 Å². The zero-order chi connectivity index (χ0) is 36.2. The molecule has 12 nitrogen and oxygen atoms in total. The number of anilines is 9. The van der Waals surface area contributed by atoms with Crippen LogP contribution in [-0.2, 0) is 0 Å². The summed E-state index contributed by atoms with van der Waals surface area (Å²) < 4.78 is 2.90. The van der Waals surface area contributed by atoms with Gasteiger partial charge in [0.2, 0.25) is 11.9 Å². The van der Waals surface area contributed by atoms with Crippen molar-refractivity contribution in [3.63, 3.8) is 0 Å². The molecule has 0 radical (unpaired) electrons. The minimum absolute atomic E-state index is 0.0902. The second kappa shape index (κ2) is 15.3. The predicted molar refractivity (Wildman–Crippen MR) is 215 cm³/mol. The lowest BCUT2D eigenvalue weighted by Gasteiger charge is -2.21. The number of rotatable bonds is 15. The van der Waals surface area contributed by atoms with E-state index >= 15 is 0 Å². The molecule has 0 aliphatic heterocycles. The van der Waals surface area contributed by atoms with Gasteiger partial charge in [-0.05, 0) is 130 Å². The Morgan fingerprint density at radius 2 is 0.843 bits per heavy atom. The summed E-state index contributed by atoms with van der Waals surface area (Å²) in [4.78, 5) is 45.1. The van der Waals surface area contributed by atoms with Crippen LogP contribution in [0, 0.1) is 0 Å². The quantitative estimate of drug-likeness (QED) is 0.0966. The first-order valence-electron chi connectivity index (χ1n) is 17.6. The molecule has 0 spiro atoms. The van der Waals surface area contributed by atoms with Crippen LogP contribution in [0.5, 0.6) is 0 Å². The molecule has 6 aromatic rings. The summed E-state index contributed by atoms with van der Waals surface area (Å²) in [6.07, 6.45) is 0. The maximum absolute atomic E-state index is 14.5. The molecule has 0 unspecified atom stereocenters. The molecule has 266 valence electrons. The van der Waals surface area contributed by atoms with Crippen molar-refractivity contribution in [2.24, 2.45) is 0 Å². The number of hydrogen-bond donors (Lipinski definition) is 3. The molecule has 0 amide bonds. The van der Waals surface area contributed by atoms with Gasteiger partial charge in [-0.3, -0.25) is 9.59 Å². The summed E-state index contributed by atoms with van der Waals surface area (Å²) in [5.41, 5.74) is 4.74. The van der Waals surface area contributed by atoms with Gasteiger partial charge in [0, 0.05) is 73.4 Å². The monoisotopic (exact) mass is 752 g/mol. The van der Waals surface area contributed by atoms with E-state index in [2.05, 4.69) is 93.1 Å². The minimum Gasteiger partial charge on any atom is -0.372 e. The van der Waals surface area contributed by atoms with Gasteiger partial charge in [0.15, 0.2) is 16.9 Å². The normalized spacial score (nSPS) is 11.3. The second-order valence-corrected chi connectivity index (χ2v) is 12.8. The number of hydrogen-bond acceptors (Lipinski definition) is 10. The van der Waals surface area contributed by atoms with Crippen LogP contribution in [0.3, 0.4) is 0 Å². The highest BCUT2D eigenvalue weighted by molar-refractivity contribution is 9.10. The van der Waals surface area contributed by atoms with Crippen molar-refractivity contribution >= 4 is 78.8 Å². The molecule has 3 aromatic heterocycles. The van der Waals surface area contributed by atoms with E-state index < -0.39 is 11.1 Å². The maximum atomic E-state index is 14.5. The van der Waals surface area contributed by atoms with Gasteiger partial charge in [-0.1, -0.05) is 0 Å². The molecule has 0 aliphatic rings. The Balaban J connectivity index is 1.46. The van der Waals surface area contributed by atoms with Crippen molar-refractivity contribution in [3.05, 3.63) is 98.1 Å². The lowest BCUT2D eigenvalue weighted by atomic mass is 10.2. The number of imidazole rings is 2. The number of aromatic nitrogens is 4. The molecule has 0 fully saturated rings. The van der Waals surface area contributed by atoms with E-state index in [0.717, 1.165) is 73.4 Å². The van der Waals surface area contributed by atoms with Gasteiger partial charge < -0.3 is 30.7 Å². The van der Waals surface area contributed by atoms with Crippen molar-refractivity contribution in [3.8, 4) is 0 Å². The fraction of sp³-hybridized carbons (Fsp3) is 0.316. The van der Waals surface area contributed by atoms with Gasteiger partial charge in [-0.15, -0.1) is 0 Å². The number of fused-ring (bicyclic) bond motifs is 2. The van der Waals surface area contributed by atoms with Crippen LogP contribution >= 0.6 is 15.9 Å². The van der Waals surface area contributed by atoms with E-state index in [1.807, 2.05) is 72.8 Å². The molecular formula is C38H45BrN10O2. The largest absolute Gasteiger partial charge is 0.372 e. The maximum Gasteiger partial charge on any atom is 0.286 e. The Morgan fingerprint density at radius 1 is 0.510 bits per heavy atom. The molecule has 0 bridgehead atoms. The lowest BCUT2D eigenvalue weighted by Crippen LogP contribution is -2.27. The van der Waals surface area contributed by atoms with E-state index in [4.69, 9.17) is 4.98 Å². The highest BCUT2D eigenvalue weighted by Crippen LogP contribution is 2.29. The minimum atomic E-state index is -0.454. The average molecular weight is 754 g/mol. The number of nitrogens with zero attached hydrogens (tertiary/aromatic N) is 7. The van der Waals surface area contributed by atoms with Gasteiger partial charge >= 0.3 is 0 Å². The Kier molecular flexibility index (Phi) is 10.7. The van der Waals surface area contributed by atoms with Crippen LogP contribution < -0.4 is 41.8 Å². The van der Waals surface area contributed by atoms with E-state index in [-0.39, 0.29) is 33.4 Å². The summed E-state index contributed by atoms with van der Waals surface area (Å²) >= 11 is 3.47. The molecule has 51 heavy (non-hydrogen) atoms. The summed E-state index contributed by atoms with van der Waals surface area (Å²) in [6.45, 7) is 18.0.